The van der Waals surface area contributed by atoms with E-state index in [1.165, 1.54) is 28.0 Å². The van der Waals surface area contributed by atoms with Crippen LogP contribution in [0.2, 0.25) is 0 Å². The molecule has 34 heteroatoms. The highest BCUT2D eigenvalue weighted by Gasteiger charge is 2.32. The van der Waals surface area contributed by atoms with Gasteiger partial charge in [0, 0.05) is 144 Å². The minimum atomic E-state index is -0.915. The molecule has 103 heavy (non-hydrogen) atoms. The van der Waals surface area contributed by atoms with Crippen LogP contribution in [0, 0.1) is 0 Å². The van der Waals surface area contributed by atoms with Crippen LogP contribution in [0.25, 0.3) is 0 Å². The number of hydrogen-bond donors (Lipinski definition) is 7. The topological polar surface area (TPSA) is 459 Å². The van der Waals surface area contributed by atoms with E-state index in [9.17, 15) is 76.7 Å². The van der Waals surface area contributed by atoms with Crippen molar-refractivity contribution in [3.63, 3.8) is 0 Å². The van der Waals surface area contributed by atoms with Gasteiger partial charge in [0.05, 0.1) is 98.5 Å². The molecule has 7 rings (SSSR count). The third-order valence-corrected chi connectivity index (χ3v) is 15.2. The van der Waals surface area contributed by atoms with Gasteiger partial charge in [0.1, 0.15) is 0 Å². The van der Waals surface area contributed by atoms with E-state index in [-0.39, 0.29) is 189 Å². The van der Waals surface area contributed by atoms with Gasteiger partial charge in [-0.05, 0) is 69.0 Å². The summed E-state index contributed by atoms with van der Waals surface area (Å²) in [5, 5.41) is 27.5. The molecule has 5 aliphatic heterocycles. The van der Waals surface area contributed by atoms with Gasteiger partial charge < -0.3 is 65.6 Å². The molecule has 14 amide bonds. The summed E-state index contributed by atoms with van der Waals surface area (Å²) in [6.07, 6.45) is 6.74. The summed E-state index contributed by atoms with van der Waals surface area (Å²) in [5.74, 6) is -5.54. The summed E-state index contributed by atoms with van der Waals surface area (Å²) < 4.78 is 31.2. The number of imide groups is 5. The predicted octanol–water partition coefficient (Wildman–Crippen LogP) is 0.153. The number of nitrogens with two attached hydrogens (primary N) is 1. The van der Waals surface area contributed by atoms with Crippen molar-refractivity contribution in [3.8, 4) is 0 Å². The number of anilines is 2. The Labute approximate surface area is 594 Å². The summed E-state index contributed by atoms with van der Waals surface area (Å²) in [6, 6.07) is 14.6. The van der Waals surface area contributed by atoms with Gasteiger partial charge in [0.25, 0.3) is 35.4 Å². The summed E-state index contributed by atoms with van der Waals surface area (Å²) in [5.41, 5.74) is 10.0. The number of likely N-dealkylation sites (tertiary alicyclic amines) is 2. The summed E-state index contributed by atoms with van der Waals surface area (Å²) in [6.45, 7) is 9.91. The second-order valence-corrected chi connectivity index (χ2v) is 23.2. The molecule has 2 aromatic carbocycles. The number of nitrogens with zero attached hydrogens (tertiary/aromatic N) is 5. The lowest BCUT2D eigenvalue weighted by molar-refractivity contribution is -0.153. The molecule has 0 bridgehead atoms. The summed E-state index contributed by atoms with van der Waals surface area (Å²) >= 11 is 0. The maximum absolute atomic E-state index is 12.1. The number of aryl methyl sites for hydroxylation is 2. The number of carboxylic acid groups (broad SMARTS) is 2. The van der Waals surface area contributed by atoms with E-state index in [1.807, 2.05) is 36.4 Å². The smallest absolute Gasteiger partial charge is 0.305 e. The number of carbonyl (C=O) groups is 16. The number of ether oxygens (including phenoxy) is 6. The van der Waals surface area contributed by atoms with Crippen LogP contribution in [0.4, 0.5) is 11.4 Å². The van der Waals surface area contributed by atoms with Gasteiger partial charge >= 0.3 is 11.9 Å². The van der Waals surface area contributed by atoms with Gasteiger partial charge in [-0.25, -0.2) is 0 Å². The van der Waals surface area contributed by atoms with Crippen molar-refractivity contribution >= 4 is 106 Å². The average Bonchev–Trinajstić information content (AvgIpc) is 1.74. The highest BCUT2D eigenvalue weighted by atomic mass is 16.5. The standard InChI is InChI=1S/C27H34N4O8.2C15H22N2O7.C12H14N2O2/c1-19-18-26(36)31(27(19)37)12-8-22(32)28-11-15-39-17-16-38-14-10-23(33)29-21-5-2-20(3-6-21)4-7-24(34)30-13-9-25(30)35;2*1-11-10-13(19)17(15(11)22)5-2-12(18)16-4-7-24-9-8-23-6-3-14(20)21;13-10-4-1-9(2-5-10)3-6-11(15)14-8-7-12(14)16/h2-3,5-6,18H,4,7-17H2,1H3,(H,28,32)(H,29,33);2*10H,2-9H2,1H3,(H,16,18)(H,20,21);1-2,4-5H,3,6-8,13H2. The molecule has 5 aliphatic rings. The quantitative estimate of drug-likeness (QED) is 0.0201. The Morgan fingerprint density at radius 3 is 0.990 bits per heavy atom. The van der Waals surface area contributed by atoms with Gasteiger partial charge in [0.15, 0.2) is 0 Å². The first-order valence-electron chi connectivity index (χ1n) is 33.5. The highest BCUT2D eigenvalue weighted by Crippen LogP contribution is 2.18. The molecule has 2 fully saturated rings. The van der Waals surface area contributed by atoms with Crippen LogP contribution in [0.3, 0.4) is 0 Å². The van der Waals surface area contributed by atoms with E-state index in [2.05, 4.69) is 21.3 Å². The average molecular weight is 1450 g/mol. The van der Waals surface area contributed by atoms with Crippen LogP contribution in [-0.4, -0.2) is 261 Å². The Kier molecular flexibility index (Phi) is 38.9. The molecule has 8 N–H and O–H groups in total. The first-order valence-corrected chi connectivity index (χ1v) is 33.5. The van der Waals surface area contributed by atoms with Crippen LogP contribution in [-0.2, 0) is 118 Å². The zero-order valence-corrected chi connectivity index (χ0v) is 58.2. The van der Waals surface area contributed by atoms with E-state index in [0.717, 1.165) is 25.8 Å². The lowest BCUT2D eigenvalue weighted by Gasteiger charge is -2.28. The zero-order valence-electron chi connectivity index (χ0n) is 58.2. The van der Waals surface area contributed by atoms with E-state index in [0.29, 0.717) is 113 Å². The fourth-order valence-corrected chi connectivity index (χ4v) is 9.28. The first kappa shape index (κ1) is 85.2. The number of carbonyl (C=O) groups excluding carboxylic acids is 14. The maximum Gasteiger partial charge on any atom is 0.305 e. The fraction of sp³-hybridized carbons (Fsp3) is 0.507. The highest BCUT2D eigenvalue weighted by molar-refractivity contribution is 6.17. The Balaban J connectivity index is 0.000000306. The number of carboxylic acids is 2. The molecule has 2 aromatic rings. The molecule has 34 nitrogen and oxygen atoms in total. The largest absolute Gasteiger partial charge is 0.481 e. The Morgan fingerprint density at radius 1 is 0.398 bits per heavy atom. The molecule has 562 valence electrons. The van der Waals surface area contributed by atoms with Crippen molar-refractivity contribution in [2.45, 2.75) is 97.8 Å². The van der Waals surface area contributed by atoms with E-state index < -0.39 is 29.7 Å². The molecule has 0 radical (unpaired) electrons. The molecule has 0 aliphatic carbocycles. The molecule has 2 saturated heterocycles. The van der Waals surface area contributed by atoms with Crippen molar-refractivity contribution in [1.82, 2.24) is 40.4 Å². The van der Waals surface area contributed by atoms with Gasteiger partial charge in [-0.2, -0.15) is 0 Å². The second kappa shape index (κ2) is 47.0. The monoisotopic (exact) mass is 1440 g/mol. The second-order valence-electron chi connectivity index (χ2n) is 23.2. The van der Waals surface area contributed by atoms with Crippen molar-refractivity contribution in [2.24, 2.45) is 0 Å². The van der Waals surface area contributed by atoms with Gasteiger partial charge in [-0.15, -0.1) is 0 Å². The number of aliphatic carboxylic acids is 2. The van der Waals surface area contributed by atoms with Crippen LogP contribution in [0.1, 0.15) is 96.1 Å². The third-order valence-electron chi connectivity index (χ3n) is 15.2. The molecule has 0 atom stereocenters. The molecule has 0 aromatic heterocycles. The Morgan fingerprint density at radius 2 is 0.709 bits per heavy atom. The summed E-state index contributed by atoms with van der Waals surface area (Å²) in [7, 11) is 0. The summed E-state index contributed by atoms with van der Waals surface area (Å²) in [4.78, 5) is 189. The molecule has 0 saturated carbocycles. The minimum Gasteiger partial charge on any atom is -0.481 e. The third kappa shape index (κ3) is 33.4. The van der Waals surface area contributed by atoms with Gasteiger partial charge in [0.2, 0.25) is 47.3 Å². The maximum atomic E-state index is 12.1. The number of nitrogens with one attached hydrogen (secondary N) is 4. The van der Waals surface area contributed by atoms with E-state index >= 15 is 0 Å². The molecule has 0 spiro atoms. The SMILES string of the molecule is CC1=CC(=O)N(CCC(=O)NCCOCCOCCC(=O)Nc2ccc(CCC(=O)N3CCC3=O)cc2)C1=O.CC1=CC(=O)N(CCC(=O)NCCOCCOCCC(=O)O)C1=O.CC1=CC(=O)N(CCC(=O)NCCOCCOCCC(=O)O)C1=O.Nc1ccc(CCC(=O)N2CCC2=O)cc1. The van der Waals surface area contributed by atoms with E-state index in [1.54, 1.807) is 32.9 Å². The molecule has 0 unspecified atom stereocenters. The minimum absolute atomic E-state index is 0.0248. The van der Waals surface area contributed by atoms with Gasteiger partial charge in [-0.3, -0.25) is 101 Å². The van der Waals surface area contributed by atoms with Crippen LogP contribution in [0.15, 0.2) is 83.5 Å². The number of amides is 14. The van der Waals surface area contributed by atoms with Crippen LogP contribution >= 0.6 is 0 Å². The van der Waals surface area contributed by atoms with Crippen molar-refractivity contribution in [2.75, 3.05) is 143 Å². The lowest BCUT2D eigenvalue weighted by atomic mass is 10.1. The van der Waals surface area contributed by atoms with Crippen molar-refractivity contribution < 1.29 is 115 Å². The van der Waals surface area contributed by atoms with E-state index in [4.69, 9.17) is 44.4 Å². The molecular formula is C69H92N10O24. The predicted molar refractivity (Wildman–Crippen MR) is 364 cm³/mol. The lowest BCUT2D eigenvalue weighted by Crippen LogP contribution is -2.47. The normalized spacial score (nSPS) is 14.4. The number of nitrogen functional groups attached to an aromatic ring is 1. The van der Waals surface area contributed by atoms with Crippen molar-refractivity contribution in [1.29, 1.82) is 0 Å². The number of β-lactam (4-membered cyclic amide) rings is 2. The Hall–Kier alpha value is -10.3. The van der Waals surface area contributed by atoms with Crippen molar-refractivity contribution in [3.05, 3.63) is 94.6 Å². The number of hydrogen-bond acceptors (Lipinski definition) is 23. The Bertz CT molecular complexity index is 3320. The number of rotatable bonds is 43. The molecule has 5 heterocycles. The first-order chi connectivity index (χ1) is 49.2. The molecular weight excluding hydrogens is 1350 g/mol. The van der Waals surface area contributed by atoms with Crippen LogP contribution in [0.5, 0.6) is 0 Å². The van der Waals surface area contributed by atoms with Gasteiger partial charge in [-0.1, -0.05) is 24.3 Å². The number of benzene rings is 2. The fourth-order valence-electron chi connectivity index (χ4n) is 9.28. The van der Waals surface area contributed by atoms with Crippen LogP contribution < -0.4 is 27.0 Å². The zero-order chi connectivity index (χ0) is 75.6.